The molecule has 0 aliphatic heterocycles. The maximum Gasteiger partial charge on any atom is 0.0179 e. The third-order valence-corrected chi connectivity index (χ3v) is 4.39. The van der Waals surface area contributed by atoms with Gasteiger partial charge in [0.15, 0.2) is 0 Å². The Morgan fingerprint density at radius 3 is 2.18 bits per heavy atom. The highest BCUT2D eigenvalue weighted by molar-refractivity contribution is 5.53. The molecule has 0 heteroatoms. The molecule has 0 saturated heterocycles. The average Bonchev–Trinajstić information content (AvgIpc) is 2.82. The Labute approximate surface area is 106 Å². The van der Waals surface area contributed by atoms with Crippen LogP contribution in [0, 0.1) is 10.8 Å². The summed E-state index contributed by atoms with van der Waals surface area (Å²) in [6.07, 6.45) is 13.9. The maximum absolute atomic E-state index is 2.40. The predicted octanol–water partition coefficient (Wildman–Crippen LogP) is 5.20. The zero-order valence-electron chi connectivity index (χ0n) is 11.8. The summed E-state index contributed by atoms with van der Waals surface area (Å²) in [5.74, 6) is 0. The van der Waals surface area contributed by atoms with E-state index >= 15 is 0 Å². The van der Waals surface area contributed by atoms with Gasteiger partial charge in [-0.25, -0.2) is 0 Å². The van der Waals surface area contributed by atoms with Crippen molar-refractivity contribution in [1.82, 2.24) is 0 Å². The topological polar surface area (TPSA) is 0 Å². The highest BCUT2D eigenvalue weighted by atomic mass is 14.5. The number of rotatable bonds is 1. The first-order valence-electron chi connectivity index (χ1n) is 6.67. The average molecular weight is 228 g/mol. The van der Waals surface area contributed by atoms with Gasteiger partial charge in [-0.3, -0.25) is 0 Å². The largest absolute Gasteiger partial charge is 0.0836 e. The molecule has 0 N–H and O–H groups in total. The molecule has 2 aliphatic rings. The lowest BCUT2D eigenvalue weighted by molar-refractivity contribution is 0.359. The van der Waals surface area contributed by atoms with Crippen LogP contribution in [-0.4, -0.2) is 0 Å². The fourth-order valence-electron chi connectivity index (χ4n) is 3.88. The van der Waals surface area contributed by atoms with E-state index in [4.69, 9.17) is 0 Å². The van der Waals surface area contributed by atoms with Gasteiger partial charge in [0.2, 0.25) is 0 Å². The van der Waals surface area contributed by atoms with Crippen molar-refractivity contribution in [1.29, 1.82) is 0 Å². The summed E-state index contributed by atoms with van der Waals surface area (Å²) in [5, 5.41) is 0. The normalized spacial score (nSPS) is 35.9. The van der Waals surface area contributed by atoms with Gasteiger partial charge >= 0.3 is 0 Å². The summed E-state index contributed by atoms with van der Waals surface area (Å²) in [4.78, 5) is 0. The number of hydrogen-bond acceptors (Lipinski definition) is 0. The third kappa shape index (κ3) is 1.74. The molecule has 17 heavy (non-hydrogen) atoms. The lowest BCUT2D eigenvalue weighted by Crippen LogP contribution is -2.17. The Kier molecular flexibility index (Phi) is 2.93. The van der Waals surface area contributed by atoms with E-state index in [1.165, 1.54) is 23.1 Å². The van der Waals surface area contributed by atoms with Crippen molar-refractivity contribution in [3.8, 4) is 0 Å². The number of allylic oxidation sites excluding steroid dienone is 8. The van der Waals surface area contributed by atoms with Gasteiger partial charge in [0.05, 0.1) is 0 Å². The summed E-state index contributed by atoms with van der Waals surface area (Å²) in [5.41, 5.74) is 5.08. The van der Waals surface area contributed by atoms with E-state index in [1.807, 2.05) is 0 Å². The van der Waals surface area contributed by atoms with Crippen LogP contribution in [0.3, 0.4) is 0 Å². The van der Waals surface area contributed by atoms with Crippen LogP contribution < -0.4 is 0 Å². The molecule has 0 amide bonds. The zero-order chi connectivity index (χ0) is 12.7. The minimum absolute atomic E-state index is 0.215. The molecule has 0 aromatic carbocycles. The molecule has 1 saturated carbocycles. The summed E-state index contributed by atoms with van der Waals surface area (Å²) < 4.78 is 0. The van der Waals surface area contributed by atoms with E-state index < -0.39 is 0 Å². The molecular weight excluding hydrogens is 204 g/mol. The highest BCUT2D eigenvalue weighted by Gasteiger charge is 2.48. The monoisotopic (exact) mass is 228 g/mol. The molecule has 0 heterocycles. The fraction of sp³-hybridized carbons (Fsp3) is 0.529. The quantitative estimate of drug-likeness (QED) is 0.578. The standard InChI is InChI=1S/C17H24/c1-6-14-15(7-2)17(5,12-16(14,3)4)13-10-8-9-11-13/h6-8,10-11H,9,12H2,1-5H3/b14-6?,15-7+. The van der Waals surface area contributed by atoms with Crippen molar-refractivity contribution in [2.24, 2.45) is 10.8 Å². The van der Waals surface area contributed by atoms with Gasteiger partial charge in [0.1, 0.15) is 0 Å². The first-order chi connectivity index (χ1) is 7.95. The van der Waals surface area contributed by atoms with Crippen molar-refractivity contribution in [2.45, 2.75) is 47.5 Å². The molecule has 1 unspecified atom stereocenters. The minimum Gasteiger partial charge on any atom is -0.0836 e. The van der Waals surface area contributed by atoms with E-state index in [9.17, 15) is 0 Å². The Balaban J connectivity index is 2.54. The van der Waals surface area contributed by atoms with Gasteiger partial charge in [-0.2, -0.15) is 0 Å². The molecule has 2 rings (SSSR count). The zero-order valence-corrected chi connectivity index (χ0v) is 11.8. The predicted molar refractivity (Wildman–Crippen MR) is 75.9 cm³/mol. The second kappa shape index (κ2) is 4.01. The molecular formula is C17H24. The van der Waals surface area contributed by atoms with Gasteiger partial charge in [-0.1, -0.05) is 51.2 Å². The van der Waals surface area contributed by atoms with Gasteiger partial charge in [-0.05, 0) is 48.8 Å². The first kappa shape index (κ1) is 12.4. The van der Waals surface area contributed by atoms with E-state index in [0.29, 0.717) is 5.41 Å². The van der Waals surface area contributed by atoms with E-state index in [2.05, 4.69) is 65.0 Å². The van der Waals surface area contributed by atoms with Crippen molar-refractivity contribution >= 4 is 0 Å². The van der Waals surface area contributed by atoms with Crippen LogP contribution in [0.2, 0.25) is 0 Å². The lowest BCUT2D eigenvalue weighted by Gasteiger charge is -2.28. The second-order valence-electron chi connectivity index (χ2n) is 6.10. The Morgan fingerprint density at radius 1 is 1.06 bits per heavy atom. The molecule has 2 aliphatic carbocycles. The third-order valence-electron chi connectivity index (χ3n) is 4.39. The molecule has 0 radical (unpaired) electrons. The molecule has 92 valence electrons. The van der Waals surface area contributed by atoms with E-state index in [-0.39, 0.29) is 5.41 Å². The van der Waals surface area contributed by atoms with Crippen molar-refractivity contribution in [3.63, 3.8) is 0 Å². The molecule has 0 spiro atoms. The van der Waals surface area contributed by atoms with Crippen LogP contribution in [0.25, 0.3) is 0 Å². The highest BCUT2D eigenvalue weighted by Crippen LogP contribution is 2.59. The summed E-state index contributed by atoms with van der Waals surface area (Å²) in [6.45, 7) is 11.5. The van der Waals surface area contributed by atoms with Crippen molar-refractivity contribution in [3.05, 3.63) is 47.1 Å². The first-order valence-corrected chi connectivity index (χ1v) is 6.67. The molecule has 0 nitrogen and oxygen atoms in total. The fourth-order valence-corrected chi connectivity index (χ4v) is 3.88. The second-order valence-corrected chi connectivity index (χ2v) is 6.10. The molecule has 1 fully saturated rings. The molecule has 0 aromatic rings. The summed E-state index contributed by atoms with van der Waals surface area (Å²) >= 11 is 0. The van der Waals surface area contributed by atoms with E-state index in [0.717, 1.165) is 6.42 Å². The Hall–Kier alpha value is -1.04. The van der Waals surface area contributed by atoms with Crippen LogP contribution in [-0.2, 0) is 0 Å². The van der Waals surface area contributed by atoms with Gasteiger partial charge in [-0.15, -0.1) is 0 Å². The molecule has 0 bridgehead atoms. The maximum atomic E-state index is 2.40. The van der Waals surface area contributed by atoms with Crippen molar-refractivity contribution < 1.29 is 0 Å². The smallest absolute Gasteiger partial charge is 0.0179 e. The van der Waals surface area contributed by atoms with Crippen LogP contribution >= 0.6 is 0 Å². The minimum atomic E-state index is 0.215. The Morgan fingerprint density at radius 2 is 1.71 bits per heavy atom. The summed E-state index contributed by atoms with van der Waals surface area (Å²) in [6, 6.07) is 0. The number of hydrogen-bond donors (Lipinski definition) is 0. The Bertz CT molecular complexity index is 441. The molecule has 1 atom stereocenters. The summed E-state index contributed by atoms with van der Waals surface area (Å²) in [7, 11) is 0. The van der Waals surface area contributed by atoms with Crippen LogP contribution in [0.1, 0.15) is 47.5 Å². The van der Waals surface area contributed by atoms with Crippen LogP contribution in [0.4, 0.5) is 0 Å². The van der Waals surface area contributed by atoms with E-state index in [1.54, 1.807) is 0 Å². The van der Waals surface area contributed by atoms with Crippen LogP contribution in [0.5, 0.6) is 0 Å². The van der Waals surface area contributed by atoms with Crippen LogP contribution in [0.15, 0.2) is 47.1 Å². The molecule has 0 aromatic heterocycles. The lowest BCUT2D eigenvalue weighted by atomic mass is 9.75. The SMILES string of the molecule is CC=C1/C(=C\C)C(C)(C2=CCC=C2)CC1(C)C. The van der Waals surface area contributed by atoms with Gasteiger partial charge in [0.25, 0.3) is 0 Å². The van der Waals surface area contributed by atoms with Crippen molar-refractivity contribution in [2.75, 3.05) is 0 Å². The van der Waals surface area contributed by atoms with Gasteiger partial charge in [0, 0.05) is 5.41 Å². The van der Waals surface area contributed by atoms with Gasteiger partial charge < -0.3 is 0 Å².